The van der Waals surface area contributed by atoms with E-state index in [4.69, 9.17) is 0 Å². The first-order valence-corrected chi connectivity index (χ1v) is 4.37. The Morgan fingerprint density at radius 3 is 2.85 bits per heavy atom. The lowest BCUT2D eigenvalue weighted by Crippen LogP contribution is -2.17. The van der Waals surface area contributed by atoms with Crippen molar-refractivity contribution in [3.05, 3.63) is 35.9 Å². The van der Waals surface area contributed by atoms with Crippen molar-refractivity contribution in [2.24, 2.45) is 0 Å². The molecule has 0 aromatic heterocycles. The average molecular weight is 177 g/mol. The highest BCUT2D eigenvalue weighted by Crippen LogP contribution is 2.12. The third kappa shape index (κ3) is 3.30. The molecule has 0 aliphatic rings. The molecule has 2 nitrogen and oxygen atoms in total. The number of hydrogen-bond donors (Lipinski definition) is 2. The second kappa shape index (κ2) is 4.67. The first-order chi connectivity index (χ1) is 6.22. The standard InChI is InChI=1S/C11H15NO/c1-9(12-2)6-7-10-4-3-5-11(13)8-10/h3-9,12-13H,1-2H3/b7-6+. The summed E-state index contributed by atoms with van der Waals surface area (Å²) in [4.78, 5) is 0. The van der Waals surface area contributed by atoms with E-state index in [1.54, 1.807) is 12.1 Å². The van der Waals surface area contributed by atoms with Gasteiger partial charge in [-0.1, -0.05) is 24.3 Å². The van der Waals surface area contributed by atoms with Crippen LogP contribution in [0, 0.1) is 0 Å². The number of nitrogens with one attached hydrogen (secondary N) is 1. The van der Waals surface area contributed by atoms with Gasteiger partial charge in [0.1, 0.15) is 5.75 Å². The molecular formula is C11H15NO. The summed E-state index contributed by atoms with van der Waals surface area (Å²) in [6, 6.07) is 7.54. The van der Waals surface area contributed by atoms with E-state index in [9.17, 15) is 5.11 Å². The van der Waals surface area contributed by atoms with E-state index in [2.05, 4.69) is 18.3 Å². The third-order valence-corrected chi connectivity index (χ3v) is 1.90. The minimum atomic E-state index is 0.305. The fourth-order valence-corrected chi connectivity index (χ4v) is 0.980. The van der Waals surface area contributed by atoms with Crippen LogP contribution in [0.1, 0.15) is 12.5 Å². The van der Waals surface area contributed by atoms with Crippen LogP contribution in [-0.4, -0.2) is 18.2 Å². The number of phenolic OH excluding ortho intramolecular Hbond substituents is 1. The van der Waals surface area contributed by atoms with Gasteiger partial charge in [-0.25, -0.2) is 0 Å². The lowest BCUT2D eigenvalue weighted by molar-refractivity contribution is 0.475. The van der Waals surface area contributed by atoms with Crippen LogP contribution in [0.3, 0.4) is 0 Å². The predicted molar refractivity (Wildman–Crippen MR) is 55.7 cm³/mol. The summed E-state index contributed by atoms with van der Waals surface area (Å²) >= 11 is 0. The van der Waals surface area contributed by atoms with Gasteiger partial charge in [0.2, 0.25) is 0 Å². The van der Waals surface area contributed by atoms with E-state index in [0.29, 0.717) is 11.8 Å². The highest BCUT2D eigenvalue weighted by atomic mass is 16.3. The first-order valence-electron chi connectivity index (χ1n) is 4.37. The number of likely N-dealkylation sites (N-methyl/N-ethyl adjacent to an activating group) is 1. The van der Waals surface area contributed by atoms with E-state index in [-0.39, 0.29) is 0 Å². The van der Waals surface area contributed by atoms with Gasteiger partial charge in [-0.05, 0) is 31.7 Å². The van der Waals surface area contributed by atoms with E-state index < -0.39 is 0 Å². The minimum absolute atomic E-state index is 0.305. The predicted octanol–water partition coefficient (Wildman–Crippen LogP) is 2.01. The zero-order valence-electron chi connectivity index (χ0n) is 7.99. The highest BCUT2D eigenvalue weighted by molar-refractivity contribution is 5.51. The van der Waals surface area contributed by atoms with Gasteiger partial charge in [0.05, 0.1) is 0 Å². The molecule has 13 heavy (non-hydrogen) atoms. The number of hydrogen-bond acceptors (Lipinski definition) is 2. The number of phenols is 1. The summed E-state index contributed by atoms with van der Waals surface area (Å²) in [7, 11) is 1.91. The van der Waals surface area contributed by atoms with Crippen molar-refractivity contribution >= 4 is 6.08 Å². The smallest absolute Gasteiger partial charge is 0.116 e. The molecule has 1 aromatic carbocycles. The molecule has 2 N–H and O–H groups in total. The molecule has 0 saturated carbocycles. The Balaban J connectivity index is 2.68. The number of aromatic hydroxyl groups is 1. The van der Waals surface area contributed by atoms with Crippen molar-refractivity contribution in [1.29, 1.82) is 0 Å². The van der Waals surface area contributed by atoms with E-state index in [1.165, 1.54) is 0 Å². The molecule has 0 bridgehead atoms. The Morgan fingerprint density at radius 1 is 1.46 bits per heavy atom. The fraction of sp³-hybridized carbons (Fsp3) is 0.273. The molecule has 1 atom stereocenters. The van der Waals surface area contributed by atoms with Crippen LogP contribution in [0.5, 0.6) is 5.75 Å². The Bertz CT molecular complexity index is 294. The molecule has 2 heteroatoms. The molecule has 0 fully saturated rings. The van der Waals surface area contributed by atoms with Gasteiger partial charge in [0.15, 0.2) is 0 Å². The van der Waals surface area contributed by atoms with Crippen molar-refractivity contribution in [1.82, 2.24) is 5.32 Å². The molecule has 0 spiro atoms. The summed E-state index contributed by atoms with van der Waals surface area (Å²) in [6.45, 7) is 2.07. The number of rotatable bonds is 3. The molecule has 1 rings (SSSR count). The summed E-state index contributed by atoms with van der Waals surface area (Å²) in [5, 5.41) is 12.3. The lowest BCUT2D eigenvalue weighted by Gasteiger charge is -2.02. The van der Waals surface area contributed by atoms with Gasteiger partial charge in [0.25, 0.3) is 0 Å². The zero-order valence-corrected chi connectivity index (χ0v) is 7.99. The van der Waals surface area contributed by atoms with Crippen molar-refractivity contribution < 1.29 is 5.11 Å². The molecule has 0 aliphatic carbocycles. The molecule has 0 radical (unpaired) electrons. The zero-order chi connectivity index (χ0) is 9.68. The highest BCUT2D eigenvalue weighted by Gasteiger charge is 1.91. The Morgan fingerprint density at radius 2 is 2.23 bits per heavy atom. The van der Waals surface area contributed by atoms with Crippen LogP contribution in [0.15, 0.2) is 30.3 Å². The van der Waals surface area contributed by atoms with Crippen LogP contribution in [-0.2, 0) is 0 Å². The Labute approximate surface area is 78.9 Å². The van der Waals surface area contributed by atoms with Gasteiger partial charge in [0, 0.05) is 6.04 Å². The van der Waals surface area contributed by atoms with Crippen LogP contribution in [0.2, 0.25) is 0 Å². The van der Waals surface area contributed by atoms with Crippen molar-refractivity contribution in [3.8, 4) is 5.75 Å². The fourth-order valence-electron chi connectivity index (χ4n) is 0.980. The molecule has 1 aromatic rings. The maximum atomic E-state index is 9.19. The minimum Gasteiger partial charge on any atom is -0.508 e. The summed E-state index contributed by atoms with van der Waals surface area (Å²) in [5.41, 5.74) is 1.02. The molecule has 70 valence electrons. The normalized spacial score (nSPS) is 13.4. The second-order valence-corrected chi connectivity index (χ2v) is 3.03. The monoisotopic (exact) mass is 177 g/mol. The van der Waals surface area contributed by atoms with Gasteiger partial charge >= 0.3 is 0 Å². The van der Waals surface area contributed by atoms with Gasteiger partial charge in [-0.3, -0.25) is 0 Å². The van der Waals surface area contributed by atoms with Gasteiger partial charge < -0.3 is 10.4 Å². The molecule has 0 aliphatic heterocycles. The second-order valence-electron chi connectivity index (χ2n) is 3.03. The Hall–Kier alpha value is -1.28. The molecular weight excluding hydrogens is 162 g/mol. The average Bonchev–Trinajstić information content (AvgIpc) is 2.14. The summed E-state index contributed by atoms with van der Waals surface area (Å²) in [6.07, 6.45) is 4.04. The topological polar surface area (TPSA) is 32.3 Å². The third-order valence-electron chi connectivity index (χ3n) is 1.90. The van der Waals surface area contributed by atoms with Crippen molar-refractivity contribution in [2.45, 2.75) is 13.0 Å². The van der Waals surface area contributed by atoms with E-state index in [1.807, 2.05) is 25.3 Å². The van der Waals surface area contributed by atoms with Gasteiger partial charge in [-0.2, -0.15) is 0 Å². The summed E-state index contributed by atoms with van der Waals surface area (Å²) in [5.74, 6) is 0.305. The quantitative estimate of drug-likeness (QED) is 0.740. The van der Waals surface area contributed by atoms with Crippen molar-refractivity contribution in [2.75, 3.05) is 7.05 Å². The number of benzene rings is 1. The molecule has 0 amide bonds. The molecule has 0 heterocycles. The van der Waals surface area contributed by atoms with Crippen LogP contribution < -0.4 is 5.32 Å². The van der Waals surface area contributed by atoms with Crippen molar-refractivity contribution in [3.63, 3.8) is 0 Å². The maximum Gasteiger partial charge on any atom is 0.116 e. The molecule has 0 saturated heterocycles. The van der Waals surface area contributed by atoms with Crippen LogP contribution in [0.4, 0.5) is 0 Å². The maximum absolute atomic E-state index is 9.19. The van der Waals surface area contributed by atoms with E-state index >= 15 is 0 Å². The lowest BCUT2D eigenvalue weighted by atomic mass is 10.2. The molecule has 1 unspecified atom stereocenters. The first kappa shape index (κ1) is 9.81. The largest absolute Gasteiger partial charge is 0.508 e. The SMILES string of the molecule is CNC(C)/C=C/c1cccc(O)c1. The van der Waals surface area contributed by atoms with Crippen LogP contribution >= 0.6 is 0 Å². The van der Waals surface area contributed by atoms with E-state index in [0.717, 1.165) is 5.56 Å². The summed E-state index contributed by atoms with van der Waals surface area (Å²) < 4.78 is 0. The van der Waals surface area contributed by atoms with Gasteiger partial charge in [-0.15, -0.1) is 0 Å². The Kier molecular flexibility index (Phi) is 3.53. The van der Waals surface area contributed by atoms with Crippen LogP contribution in [0.25, 0.3) is 6.08 Å².